The van der Waals surface area contributed by atoms with E-state index in [1.165, 1.54) is 7.11 Å². The highest BCUT2D eigenvalue weighted by Gasteiger charge is 2.23. The average molecular weight is 493 g/mol. The molecule has 35 heavy (non-hydrogen) atoms. The third-order valence-electron chi connectivity index (χ3n) is 5.93. The van der Waals surface area contributed by atoms with Gasteiger partial charge in [0.15, 0.2) is 9.84 Å². The van der Waals surface area contributed by atoms with Gasteiger partial charge in [0.25, 0.3) is 0 Å². The van der Waals surface area contributed by atoms with Crippen LogP contribution in [0.1, 0.15) is 16.7 Å². The molecule has 0 atom stereocenters. The van der Waals surface area contributed by atoms with E-state index in [1.54, 1.807) is 48.2 Å². The van der Waals surface area contributed by atoms with Crippen LogP contribution in [0.25, 0.3) is 10.9 Å². The number of hydrogen-bond acceptors (Lipinski definition) is 5. The van der Waals surface area contributed by atoms with E-state index in [0.29, 0.717) is 28.1 Å². The summed E-state index contributed by atoms with van der Waals surface area (Å²) in [5.74, 6) is 0.651. The van der Waals surface area contributed by atoms with Crippen LogP contribution in [0, 0.1) is 13.8 Å². The van der Waals surface area contributed by atoms with Crippen LogP contribution in [0.4, 0.5) is 5.69 Å². The van der Waals surface area contributed by atoms with Crippen molar-refractivity contribution in [3.8, 4) is 11.5 Å². The van der Waals surface area contributed by atoms with E-state index in [2.05, 4.69) is 5.32 Å². The van der Waals surface area contributed by atoms with Gasteiger partial charge in [-0.1, -0.05) is 42.0 Å². The monoisotopic (exact) mass is 492 g/mol. The van der Waals surface area contributed by atoms with Crippen LogP contribution in [0.2, 0.25) is 0 Å². The zero-order valence-electron chi connectivity index (χ0n) is 20.2. The molecule has 0 saturated heterocycles. The Kier molecular flexibility index (Phi) is 6.84. The average Bonchev–Trinajstić information content (AvgIpc) is 3.21. The molecule has 0 saturated carbocycles. The number of ether oxygens (including phenoxy) is 2. The highest BCUT2D eigenvalue weighted by atomic mass is 32.2. The van der Waals surface area contributed by atoms with E-state index in [-0.39, 0.29) is 23.1 Å². The van der Waals surface area contributed by atoms with E-state index in [1.807, 2.05) is 44.2 Å². The molecule has 0 radical (unpaired) electrons. The van der Waals surface area contributed by atoms with Gasteiger partial charge in [0.2, 0.25) is 5.91 Å². The summed E-state index contributed by atoms with van der Waals surface area (Å²) in [6.45, 7) is 3.79. The van der Waals surface area contributed by atoms with E-state index in [9.17, 15) is 13.2 Å². The number of para-hydroxylation sites is 1. The molecule has 1 N–H and O–H groups in total. The van der Waals surface area contributed by atoms with Crippen LogP contribution in [0.3, 0.4) is 0 Å². The molecular weight excluding hydrogens is 464 g/mol. The summed E-state index contributed by atoms with van der Waals surface area (Å²) in [4.78, 5) is 13.1. The van der Waals surface area contributed by atoms with Crippen molar-refractivity contribution >= 4 is 32.3 Å². The standard InChI is InChI=1S/C27H28N2O5S/c1-18-9-10-19(2)20(13-18)17-35(31,32)26-15-29(24-8-6-5-7-22(24)26)16-27(30)28-23-12-11-21(33-3)14-25(23)34-4/h5-15H,16-17H2,1-4H3,(H,28,30). The summed E-state index contributed by atoms with van der Waals surface area (Å²) in [5, 5.41) is 3.43. The van der Waals surface area contributed by atoms with E-state index in [0.717, 1.165) is 16.7 Å². The van der Waals surface area contributed by atoms with Crippen LogP contribution in [0.15, 0.2) is 71.8 Å². The van der Waals surface area contributed by atoms with E-state index < -0.39 is 9.84 Å². The predicted octanol–water partition coefficient (Wildman–Crippen LogP) is 4.89. The number of methoxy groups -OCH3 is 2. The van der Waals surface area contributed by atoms with Gasteiger partial charge in [-0.15, -0.1) is 0 Å². The van der Waals surface area contributed by atoms with Gasteiger partial charge < -0.3 is 19.4 Å². The number of carbonyl (C=O) groups is 1. The Morgan fingerprint density at radius 2 is 1.74 bits per heavy atom. The molecule has 0 unspecified atom stereocenters. The lowest BCUT2D eigenvalue weighted by atomic mass is 10.1. The van der Waals surface area contributed by atoms with Crippen LogP contribution in [0.5, 0.6) is 11.5 Å². The third-order valence-corrected chi connectivity index (χ3v) is 7.62. The second-order valence-electron chi connectivity index (χ2n) is 8.44. The quantitative estimate of drug-likeness (QED) is 0.379. The van der Waals surface area contributed by atoms with Gasteiger partial charge in [0.05, 0.1) is 30.6 Å². The number of aryl methyl sites for hydroxylation is 2. The summed E-state index contributed by atoms with van der Waals surface area (Å²) < 4.78 is 39.2. The number of sulfone groups is 1. The van der Waals surface area contributed by atoms with Crippen molar-refractivity contribution in [2.75, 3.05) is 19.5 Å². The summed E-state index contributed by atoms with van der Waals surface area (Å²) in [5.41, 5.74) is 3.87. The highest BCUT2D eigenvalue weighted by molar-refractivity contribution is 7.90. The molecule has 0 spiro atoms. The van der Waals surface area contributed by atoms with Gasteiger partial charge in [-0.25, -0.2) is 8.42 Å². The molecule has 4 rings (SSSR count). The van der Waals surface area contributed by atoms with Gasteiger partial charge >= 0.3 is 0 Å². The van der Waals surface area contributed by atoms with Crippen molar-refractivity contribution < 1.29 is 22.7 Å². The molecule has 1 amide bonds. The molecule has 182 valence electrons. The number of aromatic nitrogens is 1. The highest BCUT2D eigenvalue weighted by Crippen LogP contribution is 2.31. The van der Waals surface area contributed by atoms with Gasteiger partial charge in [-0.05, 0) is 43.2 Å². The molecule has 1 aromatic heterocycles. The Morgan fingerprint density at radius 1 is 0.971 bits per heavy atom. The molecule has 4 aromatic rings. The lowest BCUT2D eigenvalue weighted by molar-refractivity contribution is -0.116. The Labute approximate surface area is 205 Å². The Balaban J connectivity index is 1.64. The molecule has 0 aliphatic rings. The number of carbonyl (C=O) groups excluding carboxylic acids is 1. The molecule has 0 aliphatic carbocycles. The first-order valence-electron chi connectivity index (χ1n) is 11.1. The van der Waals surface area contributed by atoms with Crippen LogP contribution in [-0.2, 0) is 26.9 Å². The Bertz CT molecular complexity index is 1510. The van der Waals surface area contributed by atoms with Gasteiger partial charge in [0, 0.05) is 23.2 Å². The second kappa shape index (κ2) is 9.84. The van der Waals surface area contributed by atoms with E-state index >= 15 is 0 Å². The fraction of sp³-hybridized carbons (Fsp3) is 0.222. The van der Waals surface area contributed by atoms with Crippen molar-refractivity contribution in [2.24, 2.45) is 0 Å². The zero-order chi connectivity index (χ0) is 25.2. The summed E-state index contributed by atoms with van der Waals surface area (Å²) in [7, 11) is -0.595. The number of amides is 1. The van der Waals surface area contributed by atoms with Crippen molar-refractivity contribution in [2.45, 2.75) is 31.0 Å². The van der Waals surface area contributed by atoms with E-state index in [4.69, 9.17) is 9.47 Å². The Hall–Kier alpha value is -3.78. The minimum Gasteiger partial charge on any atom is -0.497 e. The largest absolute Gasteiger partial charge is 0.497 e. The molecule has 0 bridgehead atoms. The number of benzene rings is 3. The molecule has 0 fully saturated rings. The molecule has 8 heteroatoms. The summed E-state index contributed by atoms with van der Waals surface area (Å²) in [6.07, 6.45) is 1.55. The van der Waals surface area contributed by atoms with Gasteiger partial charge in [0.1, 0.15) is 18.0 Å². The number of anilines is 1. The first kappa shape index (κ1) is 24.3. The first-order chi connectivity index (χ1) is 16.7. The lowest BCUT2D eigenvalue weighted by Crippen LogP contribution is -2.18. The number of nitrogens with one attached hydrogen (secondary N) is 1. The molecule has 7 nitrogen and oxygen atoms in total. The van der Waals surface area contributed by atoms with Crippen LogP contribution in [-0.4, -0.2) is 33.1 Å². The minimum absolute atomic E-state index is 0.0608. The van der Waals surface area contributed by atoms with Crippen molar-refractivity contribution in [1.29, 1.82) is 0 Å². The van der Waals surface area contributed by atoms with Gasteiger partial charge in [-0.3, -0.25) is 4.79 Å². The summed E-state index contributed by atoms with van der Waals surface area (Å²) in [6, 6.07) is 18.1. The SMILES string of the molecule is COc1ccc(NC(=O)Cn2cc(S(=O)(=O)Cc3cc(C)ccc3C)c3ccccc32)c(OC)c1. The molecule has 1 heterocycles. The Morgan fingerprint density at radius 3 is 2.49 bits per heavy atom. The predicted molar refractivity (Wildman–Crippen MR) is 137 cm³/mol. The van der Waals surface area contributed by atoms with Crippen LogP contribution < -0.4 is 14.8 Å². The van der Waals surface area contributed by atoms with Gasteiger partial charge in [-0.2, -0.15) is 0 Å². The summed E-state index contributed by atoms with van der Waals surface area (Å²) >= 11 is 0. The third kappa shape index (κ3) is 5.17. The normalized spacial score (nSPS) is 11.4. The first-order valence-corrected chi connectivity index (χ1v) is 12.8. The maximum absolute atomic E-state index is 13.5. The smallest absolute Gasteiger partial charge is 0.244 e. The van der Waals surface area contributed by atoms with Crippen molar-refractivity contribution in [3.05, 3.63) is 83.6 Å². The number of fused-ring (bicyclic) bond motifs is 1. The number of hydrogen-bond donors (Lipinski definition) is 1. The molecular formula is C27H28N2O5S. The second-order valence-corrected chi connectivity index (χ2v) is 10.4. The van der Waals surface area contributed by atoms with Crippen molar-refractivity contribution in [1.82, 2.24) is 4.57 Å². The molecule has 3 aromatic carbocycles. The minimum atomic E-state index is -3.66. The number of nitrogens with zero attached hydrogens (tertiary/aromatic N) is 1. The van der Waals surface area contributed by atoms with Crippen LogP contribution >= 0.6 is 0 Å². The fourth-order valence-corrected chi connectivity index (χ4v) is 5.75. The maximum Gasteiger partial charge on any atom is 0.244 e. The molecule has 0 aliphatic heterocycles. The van der Waals surface area contributed by atoms with Crippen molar-refractivity contribution in [3.63, 3.8) is 0 Å². The maximum atomic E-state index is 13.5. The fourth-order valence-electron chi connectivity index (χ4n) is 4.08. The lowest BCUT2D eigenvalue weighted by Gasteiger charge is -2.12. The number of rotatable bonds is 8. The zero-order valence-corrected chi connectivity index (χ0v) is 21.0. The topological polar surface area (TPSA) is 86.6 Å².